The van der Waals surface area contributed by atoms with E-state index in [9.17, 15) is 26.6 Å². The number of rotatable bonds is 5. The number of carbonyl (C=O) groups excluding carboxylic acids is 2. The number of hydrogen-bond acceptors (Lipinski definition) is 5. The van der Waals surface area contributed by atoms with Crippen LogP contribution in [0.2, 0.25) is 0 Å². The quantitative estimate of drug-likeness (QED) is 0.261. The van der Waals surface area contributed by atoms with Gasteiger partial charge in [-0.2, -0.15) is 13.2 Å². The van der Waals surface area contributed by atoms with Gasteiger partial charge in [-0.1, -0.05) is 60.7 Å². The number of halogens is 4. The van der Waals surface area contributed by atoms with Crippen LogP contribution in [0.3, 0.4) is 0 Å². The standard InChI is InChI=1S/C16H22FN3O2S.C15H13F3O.C2H4O/c1-18-8-10-19(11-9-18)16(21)20-7-6-15(12-20)23(22)14-4-2-13(17)3-5-14;1-19-14(15(16,17)18,12-8-4-2-5-9-12)13-10-6-3-7-11-13;1-2-3/h2-5,15H,6-12H2,1H3;2-11H,1H3;2H,1H3. The van der Waals surface area contributed by atoms with Gasteiger partial charge in [-0.25, -0.2) is 9.18 Å². The largest absolute Gasteiger partial charge is 0.425 e. The summed E-state index contributed by atoms with van der Waals surface area (Å²) in [5.74, 6) is -0.330. The topological polar surface area (TPSA) is 70.2 Å². The van der Waals surface area contributed by atoms with Gasteiger partial charge < -0.3 is 24.2 Å². The van der Waals surface area contributed by atoms with E-state index in [4.69, 9.17) is 9.53 Å². The predicted molar refractivity (Wildman–Crippen MR) is 166 cm³/mol. The molecule has 2 heterocycles. The molecule has 7 nitrogen and oxygen atoms in total. The molecule has 0 aromatic heterocycles. The third-order valence-electron chi connectivity index (χ3n) is 7.60. The van der Waals surface area contributed by atoms with Gasteiger partial charge in [0.05, 0.1) is 16.0 Å². The molecule has 0 saturated carbocycles. The number of methoxy groups -OCH3 is 1. The molecule has 45 heavy (non-hydrogen) atoms. The Kier molecular flexibility index (Phi) is 13.3. The summed E-state index contributed by atoms with van der Waals surface area (Å²) in [6.07, 6.45) is -3.08. The summed E-state index contributed by atoms with van der Waals surface area (Å²) in [5.41, 5.74) is -2.30. The smallest absolute Gasteiger partial charge is 0.360 e. The number of urea groups is 1. The fraction of sp³-hybridized carbons (Fsp3) is 0.394. The lowest BCUT2D eigenvalue weighted by atomic mass is 9.85. The molecule has 2 aliphatic heterocycles. The molecule has 3 aromatic rings. The van der Waals surface area contributed by atoms with E-state index < -0.39 is 22.6 Å². The highest BCUT2D eigenvalue weighted by Crippen LogP contribution is 2.46. The molecular formula is C33H39F4N3O4S. The summed E-state index contributed by atoms with van der Waals surface area (Å²) < 4.78 is 71.4. The van der Waals surface area contributed by atoms with Gasteiger partial charge in [0.25, 0.3) is 0 Å². The van der Waals surface area contributed by atoms with Crippen LogP contribution in [0.1, 0.15) is 24.5 Å². The van der Waals surface area contributed by atoms with Crippen molar-refractivity contribution in [2.45, 2.75) is 35.3 Å². The minimum Gasteiger partial charge on any atom is -0.360 e. The maximum absolute atomic E-state index is 13.6. The van der Waals surface area contributed by atoms with Gasteiger partial charge in [-0.05, 0) is 55.8 Å². The van der Waals surface area contributed by atoms with Crippen LogP contribution in [0, 0.1) is 5.82 Å². The van der Waals surface area contributed by atoms with Gasteiger partial charge in [0.15, 0.2) is 0 Å². The van der Waals surface area contributed by atoms with Crippen molar-refractivity contribution < 1.29 is 36.1 Å². The maximum Gasteiger partial charge on any atom is 0.425 e. The number of aldehydes is 1. The van der Waals surface area contributed by atoms with Crippen molar-refractivity contribution in [1.82, 2.24) is 14.7 Å². The molecular weight excluding hydrogens is 610 g/mol. The first-order valence-electron chi connectivity index (χ1n) is 14.5. The first kappa shape index (κ1) is 35.9. The van der Waals surface area contributed by atoms with Gasteiger partial charge >= 0.3 is 12.2 Å². The van der Waals surface area contributed by atoms with E-state index >= 15 is 0 Å². The van der Waals surface area contributed by atoms with E-state index in [2.05, 4.69) is 11.9 Å². The Hall–Kier alpha value is -3.61. The fourth-order valence-electron chi connectivity index (χ4n) is 5.23. The number of likely N-dealkylation sites (tertiary alicyclic amines) is 1. The highest BCUT2D eigenvalue weighted by molar-refractivity contribution is 7.85. The molecule has 0 N–H and O–H groups in total. The van der Waals surface area contributed by atoms with Crippen LogP contribution in [-0.4, -0.2) is 96.1 Å². The number of likely N-dealkylation sites (N-methyl/N-ethyl adjacent to an activating group) is 1. The van der Waals surface area contributed by atoms with E-state index in [1.165, 1.54) is 43.3 Å². The molecule has 5 rings (SSSR count). The van der Waals surface area contributed by atoms with Gasteiger partial charge in [0, 0.05) is 51.3 Å². The van der Waals surface area contributed by atoms with E-state index in [1.54, 1.807) is 53.4 Å². The third-order valence-corrected chi connectivity index (χ3v) is 9.33. The minimum atomic E-state index is -4.55. The van der Waals surface area contributed by atoms with E-state index in [0.29, 0.717) is 18.0 Å². The van der Waals surface area contributed by atoms with Crippen molar-refractivity contribution in [3.05, 3.63) is 102 Å². The summed E-state index contributed by atoms with van der Waals surface area (Å²) in [5, 5.41) is -0.0723. The lowest BCUT2D eigenvalue weighted by molar-refractivity contribution is -0.258. The number of alkyl halides is 3. The Morgan fingerprint density at radius 3 is 1.78 bits per heavy atom. The molecule has 2 unspecified atom stereocenters. The summed E-state index contributed by atoms with van der Waals surface area (Å²) in [6, 6.07) is 21.1. The second kappa shape index (κ2) is 16.6. The van der Waals surface area contributed by atoms with Crippen LogP contribution in [0.4, 0.5) is 22.4 Å². The molecule has 2 aliphatic rings. The number of hydrogen-bond donors (Lipinski definition) is 0. The number of ether oxygens (including phenoxy) is 1. The molecule has 0 bridgehead atoms. The number of nitrogens with zero attached hydrogens (tertiary/aromatic N) is 3. The van der Waals surface area contributed by atoms with Crippen molar-refractivity contribution >= 4 is 23.1 Å². The molecule has 2 atom stereocenters. The van der Waals surface area contributed by atoms with E-state index in [1.807, 2.05) is 4.90 Å². The monoisotopic (exact) mass is 649 g/mol. The van der Waals surface area contributed by atoms with Crippen molar-refractivity contribution in [2.24, 2.45) is 0 Å². The normalized spacial score (nSPS) is 17.8. The minimum absolute atomic E-state index is 0.0525. The van der Waals surface area contributed by atoms with Crippen LogP contribution in [0.5, 0.6) is 0 Å². The second-order valence-corrected chi connectivity index (χ2v) is 12.3. The molecule has 12 heteroatoms. The summed E-state index contributed by atoms with van der Waals surface area (Å²) in [4.78, 5) is 27.9. The van der Waals surface area contributed by atoms with Gasteiger partial charge in [-0.15, -0.1) is 0 Å². The Morgan fingerprint density at radius 1 is 0.844 bits per heavy atom. The van der Waals surface area contributed by atoms with Crippen LogP contribution in [0.25, 0.3) is 0 Å². The van der Waals surface area contributed by atoms with Crippen LogP contribution < -0.4 is 0 Å². The third kappa shape index (κ3) is 8.99. The molecule has 0 aliphatic carbocycles. The van der Waals surface area contributed by atoms with Gasteiger partial charge in [0.1, 0.15) is 12.1 Å². The zero-order valence-electron chi connectivity index (χ0n) is 25.6. The molecule has 2 amide bonds. The number of benzene rings is 3. The maximum atomic E-state index is 13.6. The number of carbonyl (C=O) groups is 2. The van der Waals surface area contributed by atoms with Gasteiger partial charge in [0.2, 0.25) is 5.60 Å². The summed E-state index contributed by atoms with van der Waals surface area (Å²) >= 11 is 0. The Labute approximate surface area is 264 Å². The molecule has 244 valence electrons. The summed E-state index contributed by atoms with van der Waals surface area (Å²) in [7, 11) is 1.93. The van der Waals surface area contributed by atoms with E-state index in [-0.39, 0.29) is 28.2 Å². The molecule has 3 aromatic carbocycles. The number of amides is 2. The predicted octanol–water partition coefficient (Wildman–Crippen LogP) is 5.72. The van der Waals surface area contributed by atoms with Crippen molar-refractivity contribution in [2.75, 3.05) is 53.4 Å². The lowest BCUT2D eigenvalue weighted by Crippen LogP contribution is -2.51. The van der Waals surface area contributed by atoms with Gasteiger partial charge in [-0.3, -0.25) is 4.21 Å². The highest BCUT2D eigenvalue weighted by atomic mass is 32.2. The summed E-state index contributed by atoms with van der Waals surface area (Å²) in [6.45, 7) is 5.88. The SMILES string of the molecule is CC=O.CN1CCN(C(=O)N2CCC(S(=O)c3ccc(F)cc3)C2)CC1.COC(c1ccccc1)(c1ccccc1)C(F)(F)F. The Bertz CT molecular complexity index is 1330. The molecule has 0 radical (unpaired) electrons. The zero-order valence-corrected chi connectivity index (χ0v) is 26.4. The second-order valence-electron chi connectivity index (χ2n) is 10.5. The van der Waals surface area contributed by atoms with Crippen molar-refractivity contribution in [3.63, 3.8) is 0 Å². The first-order valence-corrected chi connectivity index (χ1v) is 15.7. The van der Waals surface area contributed by atoms with Crippen molar-refractivity contribution in [1.29, 1.82) is 0 Å². The Balaban J connectivity index is 0.000000230. The molecule has 2 fully saturated rings. The highest BCUT2D eigenvalue weighted by Gasteiger charge is 2.58. The first-order chi connectivity index (χ1) is 21.5. The lowest BCUT2D eigenvalue weighted by Gasteiger charge is -2.35. The van der Waals surface area contributed by atoms with E-state index in [0.717, 1.165) is 46.0 Å². The average Bonchev–Trinajstić information content (AvgIpc) is 3.53. The fourth-order valence-corrected chi connectivity index (χ4v) is 6.65. The van der Waals surface area contributed by atoms with Crippen LogP contribution >= 0.6 is 0 Å². The number of piperazine rings is 1. The molecule has 0 spiro atoms. The molecule has 2 saturated heterocycles. The zero-order chi connectivity index (χ0) is 33.0. The van der Waals surface area contributed by atoms with Crippen molar-refractivity contribution in [3.8, 4) is 0 Å². The van der Waals surface area contributed by atoms with Crippen LogP contribution in [-0.2, 0) is 25.9 Å². The van der Waals surface area contributed by atoms with Crippen LogP contribution in [0.15, 0.2) is 89.8 Å². The average molecular weight is 650 g/mol. The Morgan fingerprint density at radius 2 is 1.33 bits per heavy atom.